The molecular formula is C23H20ClNO4. The summed E-state index contributed by atoms with van der Waals surface area (Å²) in [5, 5.41) is 12.7. The van der Waals surface area contributed by atoms with Crippen molar-refractivity contribution < 1.29 is 19.4 Å². The zero-order valence-electron chi connectivity index (χ0n) is 15.6. The highest BCUT2D eigenvalue weighted by Gasteiger charge is 2.09. The van der Waals surface area contributed by atoms with E-state index in [-0.39, 0.29) is 36.7 Å². The van der Waals surface area contributed by atoms with Gasteiger partial charge in [-0.25, -0.2) is 0 Å². The molecule has 0 saturated carbocycles. The van der Waals surface area contributed by atoms with Crippen molar-refractivity contribution in [3.05, 3.63) is 83.4 Å². The first-order chi connectivity index (χ1) is 14.0. The summed E-state index contributed by atoms with van der Waals surface area (Å²) in [7, 11) is 0. The summed E-state index contributed by atoms with van der Waals surface area (Å²) in [5.74, 6) is 1.09. The van der Waals surface area contributed by atoms with Crippen molar-refractivity contribution in [2.75, 3.05) is 5.32 Å². The van der Waals surface area contributed by atoms with Gasteiger partial charge in [-0.2, -0.15) is 0 Å². The highest BCUT2D eigenvalue weighted by Crippen LogP contribution is 2.25. The lowest BCUT2D eigenvalue weighted by molar-refractivity contribution is -0.122. The third kappa shape index (κ3) is 6.66. The van der Waals surface area contributed by atoms with Crippen LogP contribution in [0.2, 0.25) is 5.02 Å². The Balaban J connectivity index is 1.49. The number of aromatic hydroxyl groups is 1. The standard InChI is InChI=1S/C23H20ClNO4/c24-17-6-11-21(12-7-17)29-22-3-1-2-18(15-22)25-23(28)13-10-20(27)14-16-4-8-19(26)9-5-16/h1-9,11-12,15,26H,10,13-14H2,(H,25,28). The smallest absolute Gasteiger partial charge is 0.224 e. The number of halogens is 1. The molecule has 0 aliphatic rings. The van der Waals surface area contributed by atoms with E-state index in [0.717, 1.165) is 5.56 Å². The number of phenolic OH excluding ortho intramolecular Hbond substituents is 1. The molecule has 0 spiro atoms. The van der Waals surface area contributed by atoms with Gasteiger partial charge in [0.1, 0.15) is 23.0 Å². The van der Waals surface area contributed by atoms with E-state index in [4.69, 9.17) is 16.3 Å². The fraction of sp³-hybridized carbons (Fsp3) is 0.130. The minimum Gasteiger partial charge on any atom is -0.508 e. The Bertz CT molecular complexity index is 985. The van der Waals surface area contributed by atoms with Crippen LogP contribution in [0.5, 0.6) is 17.2 Å². The van der Waals surface area contributed by atoms with Gasteiger partial charge in [-0.15, -0.1) is 0 Å². The summed E-state index contributed by atoms with van der Waals surface area (Å²) in [6.45, 7) is 0. The second-order valence-electron chi connectivity index (χ2n) is 6.51. The van der Waals surface area contributed by atoms with Crippen LogP contribution in [0.15, 0.2) is 72.8 Å². The third-order valence-corrected chi connectivity index (χ3v) is 4.39. The molecule has 3 rings (SSSR count). The Morgan fingerprint density at radius 2 is 1.62 bits per heavy atom. The molecular weight excluding hydrogens is 390 g/mol. The average Bonchev–Trinajstić information content (AvgIpc) is 2.70. The van der Waals surface area contributed by atoms with Gasteiger partial charge >= 0.3 is 0 Å². The molecule has 6 heteroatoms. The van der Waals surface area contributed by atoms with E-state index < -0.39 is 0 Å². The number of hydrogen-bond donors (Lipinski definition) is 2. The van der Waals surface area contributed by atoms with Gasteiger partial charge in [0.15, 0.2) is 0 Å². The topological polar surface area (TPSA) is 75.6 Å². The normalized spacial score (nSPS) is 10.4. The van der Waals surface area contributed by atoms with Crippen molar-refractivity contribution in [2.24, 2.45) is 0 Å². The first kappa shape index (κ1) is 20.4. The fourth-order valence-electron chi connectivity index (χ4n) is 2.68. The number of rotatable bonds is 8. The van der Waals surface area contributed by atoms with Crippen molar-refractivity contribution >= 4 is 29.0 Å². The van der Waals surface area contributed by atoms with Crippen LogP contribution in [0.1, 0.15) is 18.4 Å². The first-order valence-corrected chi connectivity index (χ1v) is 9.49. The van der Waals surface area contributed by atoms with Gasteiger partial charge in [0.05, 0.1) is 0 Å². The summed E-state index contributed by atoms with van der Waals surface area (Å²) >= 11 is 5.86. The maximum Gasteiger partial charge on any atom is 0.224 e. The van der Waals surface area contributed by atoms with Crippen LogP contribution in [-0.4, -0.2) is 16.8 Å². The van der Waals surface area contributed by atoms with Gasteiger partial charge in [0, 0.05) is 36.0 Å². The number of nitrogens with one attached hydrogen (secondary N) is 1. The number of ketones is 1. The Morgan fingerprint density at radius 1 is 0.897 bits per heavy atom. The third-order valence-electron chi connectivity index (χ3n) is 4.14. The van der Waals surface area contributed by atoms with Crippen LogP contribution < -0.4 is 10.1 Å². The summed E-state index contributed by atoms with van der Waals surface area (Å²) in [6.07, 6.45) is 0.477. The maximum atomic E-state index is 12.2. The van der Waals surface area contributed by atoms with Crippen LogP contribution in [0.4, 0.5) is 5.69 Å². The molecule has 148 valence electrons. The predicted molar refractivity (Wildman–Crippen MR) is 113 cm³/mol. The Kier molecular flexibility index (Phi) is 6.87. The van der Waals surface area contributed by atoms with E-state index in [1.54, 1.807) is 60.7 Å². The number of ether oxygens (including phenoxy) is 1. The molecule has 0 aliphatic heterocycles. The molecule has 0 bridgehead atoms. The van der Waals surface area contributed by atoms with Crippen molar-refractivity contribution in [2.45, 2.75) is 19.3 Å². The maximum absolute atomic E-state index is 12.2. The summed E-state index contributed by atoms with van der Waals surface area (Å²) in [6, 6.07) is 20.5. The van der Waals surface area contributed by atoms with Crippen molar-refractivity contribution in [1.29, 1.82) is 0 Å². The Labute approximate surface area is 173 Å². The highest BCUT2D eigenvalue weighted by molar-refractivity contribution is 6.30. The molecule has 1 amide bonds. The second kappa shape index (κ2) is 9.75. The van der Waals surface area contributed by atoms with Gasteiger partial charge in [-0.05, 0) is 54.1 Å². The van der Waals surface area contributed by atoms with E-state index in [0.29, 0.717) is 22.2 Å². The predicted octanol–water partition coefficient (Wildman–Crippen LogP) is 5.37. The molecule has 0 aliphatic carbocycles. The van der Waals surface area contributed by atoms with Crippen molar-refractivity contribution in [3.63, 3.8) is 0 Å². The minimum absolute atomic E-state index is 0.0364. The second-order valence-corrected chi connectivity index (χ2v) is 6.95. The van der Waals surface area contributed by atoms with Crippen molar-refractivity contribution in [3.8, 4) is 17.2 Å². The molecule has 3 aromatic rings. The van der Waals surface area contributed by atoms with Gasteiger partial charge in [0.2, 0.25) is 5.91 Å². The molecule has 0 atom stereocenters. The first-order valence-electron chi connectivity index (χ1n) is 9.11. The molecule has 0 radical (unpaired) electrons. The fourth-order valence-corrected chi connectivity index (χ4v) is 2.81. The lowest BCUT2D eigenvalue weighted by atomic mass is 10.1. The van der Waals surface area contributed by atoms with Gasteiger partial charge < -0.3 is 15.2 Å². The number of carbonyl (C=O) groups is 2. The van der Waals surface area contributed by atoms with E-state index in [1.807, 2.05) is 0 Å². The molecule has 0 unspecified atom stereocenters. The quantitative estimate of drug-likeness (QED) is 0.524. The van der Waals surface area contributed by atoms with Crippen LogP contribution in [0.3, 0.4) is 0 Å². The van der Waals surface area contributed by atoms with Gasteiger partial charge in [-0.3, -0.25) is 9.59 Å². The van der Waals surface area contributed by atoms with E-state index in [1.165, 1.54) is 12.1 Å². The van der Waals surface area contributed by atoms with Crippen LogP contribution in [-0.2, 0) is 16.0 Å². The van der Waals surface area contributed by atoms with E-state index in [2.05, 4.69) is 5.32 Å². The van der Waals surface area contributed by atoms with E-state index in [9.17, 15) is 14.7 Å². The largest absolute Gasteiger partial charge is 0.508 e. The van der Waals surface area contributed by atoms with E-state index >= 15 is 0 Å². The molecule has 0 heterocycles. The number of phenols is 1. The molecule has 3 aromatic carbocycles. The zero-order valence-corrected chi connectivity index (χ0v) is 16.4. The van der Waals surface area contributed by atoms with Crippen molar-refractivity contribution in [1.82, 2.24) is 0 Å². The Hall–Kier alpha value is -3.31. The lowest BCUT2D eigenvalue weighted by Crippen LogP contribution is -2.14. The lowest BCUT2D eigenvalue weighted by Gasteiger charge is -2.09. The number of anilines is 1. The summed E-state index contributed by atoms with van der Waals surface area (Å²) < 4.78 is 5.75. The zero-order chi connectivity index (χ0) is 20.6. The monoisotopic (exact) mass is 409 g/mol. The highest BCUT2D eigenvalue weighted by atomic mass is 35.5. The molecule has 5 nitrogen and oxygen atoms in total. The molecule has 2 N–H and O–H groups in total. The van der Waals surface area contributed by atoms with Crippen LogP contribution in [0, 0.1) is 0 Å². The number of carbonyl (C=O) groups excluding carboxylic acids is 2. The number of benzene rings is 3. The number of Topliss-reactive ketones (excluding diaryl/α,β-unsaturated/α-hetero) is 1. The summed E-state index contributed by atoms with van der Waals surface area (Å²) in [5.41, 5.74) is 1.40. The SMILES string of the molecule is O=C(CCC(=O)Nc1cccc(Oc2ccc(Cl)cc2)c1)Cc1ccc(O)cc1. The van der Waals surface area contributed by atoms with Crippen LogP contribution >= 0.6 is 11.6 Å². The molecule has 0 saturated heterocycles. The molecule has 0 fully saturated rings. The molecule has 29 heavy (non-hydrogen) atoms. The number of amides is 1. The van der Waals surface area contributed by atoms with Crippen LogP contribution in [0.25, 0.3) is 0 Å². The Morgan fingerprint density at radius 3 is 2.34 bits per heavy atom. The number of hydrogen-bond acceptors (Lipinski definition) is 4. The molecule has 0 aromatic heterocycles. The minimum atomic E-state index is -0.243. The summed E-state index contributed by atoms with van der Waals surface area (Å²) in [4.78, 5) is 24.2. The average molecular weight is 410 g/mol. The van der Waals surface area contributed by atoms with Gasteiger partial charge in [0.25, 0.3) is 0 Å². The van der Waals surface area contributed by atoms with Gasteiger partial charge in [-0.1, -0.05) is 29.8 Å².